The highest BCUT2D eigenvalue weighted by atomic mass is 32.1. The number of aromatic nitrogens is 3. The Morgan fingerprint density at radius 2 is 1.58 bits per heavy atom. The van der Waals surface area contributed by atoms with Crippen LogP contribution in [0.4, 0.5) is 5.69 Å². The van der Waals surface area contributed by atoms with Gasteiger partial charge in [-0.05, 0) is 65.5 Å². The minimum absolute atomic E-state index is 0.171. The van der Waals surface area contributed by atoms with Gasteiger partial charge in [0.05, 0.1) is 18.4 Å². The maximum atomic E-state index is 12.9. The molecule has 4 aromatic carbocycles. The maximum Gasteiger partial charge on any atom is 0.261 e. The molecule has 5 aromatic rings. The van der Waals surface area contributed by atoms with Crippen molar-refractivity contribution in [2.75, 3.05) is 12.4 Å². The molecule has 0 fully saturated rings. The average molecular weight is 454 g/mol. The van der Waals surface area contributed by atoms with E-state index < -0.39 is 0 Å². The average Bonchev–Trinajstić information content (AvgIpc) is 3.27. The van der Waals surface area contributed by atoms with E-state index in [0.29, 0.717) is 22.5 Å². The van der Waals surface area contributed by atoms with Crippen LogP contribution in [0.3, 0.4) is 0 Å². The van der Waals surface area contributed by atoms with Crippen molar-refractivity contribution in [3.8, 4) is 11.4 Å². The second kappa shape index (κ2) is 8.68. The van der Waals surface area contributed by atoms with Crippen molar-refractivity contribution in [1.29, 1.82) is 0 Å². The van der Waals surface area contributed by atoms with Crippen molar-refractivity contribution in [1.82, 2.24) is 20.3 Å². The molecular formula is C25H19N5O2S. The van der Waals surface area contributed by atoms with Gasteiger partial charge < -0.3 is 10.1 Å². The molecule has 162 valence electrons. The maximum absolute atomic E-state index is 12.9. The van der Waals surface area contributed by atoms with Crippen molar-refractivity contribution in [3.05, 3.63) is 90.5 Å². The number of methoxy groups -OCH3 is 1. The van der Waals surface area contributed by atoms with E-state index >= 15 is 0 Å². The molecule has 5 rings (SSSR count). The number of anilines is 1. The van der Waals surface area contributed by atoms with Gasteiger partial charge in [-0.2, -0.15) is 4.80 Å². The van der Waals surface area contributed by atoms with Crippen LogP contribution in [0.25, 0.3) is 27.5 Å². The van der Waals surface area contributed by atoms with Crippen LogP contribution in [0.15, 0.2) is 84.9 Å². The number of carbonyl (C=O) groups is 1. The van der Waals surface area contributed by atoms with Gasteiger partial charge in [0.1, 0.15) is 16.8 Å². The second-order valence-electron chi connectivity index (χ2n) is 7.34. The van der Waals surface area contributed by atoms with Gasteiger partial charge in [0.2, 0.25) is 0 Å². The van der Waals surface area contributed by atoms with Gasteiger partial charge in [-0.1, -0.05) is 42.5 Å². The number of rotatable bonds is 4. The normalized spacial score (nSPS) is 10.8. The number of ether oxygens (including phenoxy) is 1. The van der Waals surface area contributed by atoms with Crippen LogP contribution in [0.2, 0.25) is 0 Å². The number of nitrogens with one attached hydrogen (secondary N) is 2. The van der Waals surface area contributed by atoms with Crippen LogP contribution >= 0.6 is 12.2 Å². The lowest BCUT2D eigenvalue weighted by Gasteiger charge is -2.12. The molecule has 0 saturated heterocycles. The van der Waals surface area contributed by atoms with Crippen molar-refractivity contribution < 1.29 is 9.53 Å². The number of fused-ring (bicyclic) bond motifs is 2. The summed E-state index contributed by atoms with van der Waals surface area (Å²) in [5.74, 6) is 0.124. The van der Waals surface area contributed by atoms with E-state index in [1.807, 2.05) is 78.9 Å². The molecule has 1 amide bonds. The van der Waals surface area contributed by atoms with Gasteiger partial charge in [-0.3, -0.25) is 10.1 Å². The summed E-state index contributed by atoms with van der Waals surface area (Å²) in [6.45, 7) is 0. The zero-order valence-electron chi connectivity index (χ0n) is 17.6. The number of carbonyl (C=O) groups excluding carboxylic acids is 1. The molecule has 2 N–H and O–H groups in total. The smallest absolute Gasteiger partial charge is 0.261 e. The standard InChI is InChI=1S/C25H19N5O2S/c1-32-23-14-17-8-6-5-7-16(17)13-20(23)24(31)27-25(33)26-18-11-12-21-22(15-18)29-30(28-21)19-9-3-2-4-10-19/h2-15H,1H3,(H2,26,27,31,33). The Labute approximate surface area is 195 Å². The Bertz CT molecular complexity index is 1500. The summed E-state index contributed by atoms with van der Waals surface area (Å²) in [6.07, 6.45) is 0. The lowest BCUT2D eigenvalue weighted by molar-refractivity contribution is 0.0975. The first-order valence-electron chi connectivity index (χ1n) is 10.2. The summed E-state index contributed by atoms with van der Waals surface area (Å²) in [5.41, 5.74) is 3.42. The van der Waals surface area contributed by atoms with Crippen LogP contribution in [0.5, 0.6) is 5.75 Å². The molecule has 8 heteroatoms. The predicted octanol–water partition coefficient (Wildman–Crippen LogP) is 4.71. The molecule has 0 aliphatic carbocycles. The van der Waals surface area contributed by atoms with E-state index in [9.17, 15) is 4.79 Å². The number of hydrogen-bond acceptors (Lipinski definition) is 5. The quantitative estimate of drug-likeness (QED) is 0.384. The second-order valence-corrected chi connectivity index (χ2v) is 7.74. The zero-order chi connectivity index (χ0) is 22.8. The molecule has 0 radical (unpaired) electrons. The van der Waals surface area contributed by atoms with E-state index in [2.05, 4.69) is 20.8 Å². The summed E-state index contributed by atoms with van der Waals surface area (Å²) in [5, 5.41) is 16.9. The van der Waals surface area contributed by atoms with Crippen LogP contribution in [-0.4, -0.2) is 33.1 Å². The third-order valence-corrected chi connectivity index (χ3v) is 5.37. The monoisotopic (exact) mass is 453 g/mol. The molecule has 0 unspecified atom stereocenters. The molecular weight excluding hydrogens is 434 g/mol. The van der Waals surface area contributed by atoms with Crippen molar-refractivity contribution >= 4 is 50.7 Å². The number of hydrogen-bond donors (Lipinski definition) is 2. The highest BCUT2D eigenvalue weighted by Gasteiger charge is 2.15. The molecule has 33 heavy (non-hydrogen) atoms. The number of thiocarbonyl (C=S) groups is 1. The first-order chi connectivity index (χ1) is 16.1. The fourth-order valence-corrected chi connectivity index (χ4v) is 3.78. The van der Waals surface area contributed by atoms with Gasteiger partial charge in [-0.15, -0.1) is 10.2 Å². The molecule has 0 spiro atoms. The third-order valence-electron chi connectivity index (χ3n) is 5.16. The minimum Gasteiger partial charge on any atom is -0.496 e. The molecule has 0 atom stereocenters. The fourth-order valence-electron chi connectivity index (χ4n) is 3.57. The highest BCUT2D eigenvalue weighted by Crippen LogP contribution is 2.26. The highest BCUT2D eigenvalue weighted by molar-refractivity contribution is 7.80. The molecule has 7 nitrogen and oxygen atoms in total. The van der Waals surface area contributed by atoms with E-state index in [1.54, 1.807) is 10.9 Å². The lowest BCUT2D eigenvalue weighted by atomic mass is 10.1. The molecule has 0 bridgehead atoms. The van der Waals surface area contributed by atoms with Crippen molar-refractivity contribution in [2.45, 2.75) is 0 Å². The van der Waals surface area contributed by atoms with E-state index in [4.69, 9.17) is 17.0 Å². The fraction of sp³-hybridized carbons (Fsp3) is 0.0400. The van der Waals surface area contributed by atoms with Gasteiger partial charge >= 0.3 is 0 Å². The summed E-state index contributed by atoms with van der Waals surface area (Å²) >= 11 is 5.37. The first-order valence-corrected chi connectivity index (χ1v) is 10.6. The topological polar surface area (TPSA) is 81.1 Å². The Hall–Kier alpha value is -4.30. The molecule has 1 heterocycles. The molecule has 0 saturated carbocycles. The van der Waals surface area contributed by atoms with Crippen LogP contribution in [-0.2, 0) is 0 Å². The van der Waals surface area contributed by atoms with Crippen LogP contribution < -0.4 is 15.4 Å². The lowest BCUT2D eigenvalue weighted by Crippen LogP contribution is -2.34. The van der Waals surface area contributed by atoms with Crippen molar-refractivity contribution in [3.63, 3.8) is 0 Å². The zero-order valence-corrected chi connectivity index (χ0v) is 18.5. The Morgan fingerprint density at radius 3 is 2.33 bits per heavy atom. The van der Waals surface area contributed by atoms with Crippen LogP contribution in [0, 0.1) is 0 Å². The molecule has 0 aliphatic heterocycles. The largest absolute Gasteiger partial charge is 0.496 e. The number of amides is 1. The van der Waals surface area contributed by atoms with Gasteiger partial charge in [0, 0.05) is 5.69 Å². The van der Waals surface area contributed by atoms with Gasteiger partial charge in [-0.25, -0.2) is 0 Å². The summed E-state index contributed by atoms with van der Waals surface area (Å²) < 4.78 is 5.42. The van der Waals surface area contributed by atoms with E-state index in [1.165, 1.54) is 7.11 Å². The summed E-state index contributed by atoms with van der Waals surface area (Å²) in [6, 6.07) is 26.6. The predicted molar refractivity (Wildman–Crippen MR) is 133 cm³/mol. The van der Waals surface area contributed by atoms with Gasteiger partial charge in [0.25, 0.3) is 5.91 Å². The number of nitrogens with zero attached hydrogens (tertiary/aromatic N) is 3. The summed E-state index contributed by atoms with van der Waals surface area (Å²) in [7, 11) is 1.54. The number of benzene rings is 4. The van der Waals surface area contributed by atoms with E-state index in [-0.39, 0.29) is 11.0 Å². The molecule has 0 aliphatic rings. The Balaban J connectivity index is 1.33. The minimum atomic E-state index is -0.355. The Morgan fingerprint density at radius 1 is 0.879 bits per heavy atom. The Kier molecular flexibility index (Phi) is 5.42. The van der Waals surface area contributed by atoms with Crippen molar-refractivity contribution in [2.24, 2.45) is 0 Å². The molecule has 1 aromatic heterocycles. The number of para-hydroxylation sites is 1. The SMILES string of the molecule is COc1cc2ccccc2cc1C(=O)NC(=S)Nc1ccc2nn(-c3ccccc3)nc2c1. The third kappa shape index (κ3) is 4.24. The van der Waals surface area contributed by atoms with E-state index in [0.717, 1.165) is 22.0 Å². The van der Waals surface area contributed by atoms with Crippen LogP contribution in [0.1, 0.15) is 10.4 Å². The summed E-state index contributed by atoms with van der Waals surface area (Å²) in [4.78, 5) is 14.5. The first kappa shape index (κ1) is 20.6. The van der Waals surface area contributed by atoms with Gasteiger partial charge in [0.15, 0.2) is 5.11 Å².